The standard InChI is InChI=1S/C32H44N4O3S2/c1-6-41(38,39)35-15-13-34(14-16-35)12-11-26-27-20-28(32(4,5)31(37)36-24-7-8-25(36)10-9-24)40-30(27)33-29(26)23-18-21(2)17-22(3)19-23/h17-20,24-25,33H,6-16H2,1-5H3. The average Bonchev–Trinajstić information content (AvgIpc) is 3.71. The zero-order chi connectivity index (χ0) is 29.1. The van der Waals surface area contributed by atoms with Gasteiger partial charge in [0.1, 0.15) is 4.83 Å². The summed E-state index contributed by atoms with van der Waals surface area (Å²) in [5.41, 5.74) is 5.58. The lowest BCUT2D eigenvalue weighted by atomic mass is 9.88. The lowest BCUT2D eigenvalue weighted by molar-refractivity contribution is -0.137. The molecular weight excluding hydrogens is 553 g/mol. The van der Waals surface area contributed by atoms with Crippen molar-refractivity contribution in [3.63, 3.8) is 0 Å². The van der Waals surface area contributed by atoms with E-state index in [2.05, 4.69) is 66.7 Å². The Hall–Kier alpha value is -2.20. The summed E-state index contributed by atoms with van der Waals surface area (Å²) in [6.45, 7) is 13.7. The lowest BCUT2D eigenvalue weighted by Crippen LogP contribution is -2.49. The van der Waals surface area contributed by atoms with Gasteiger partial charge in [0.2, 0.25) is 15.9 Å². The number of aryl methyl sites for hydroxylation is 2. The SMILES string of the molecule is CCS(=O)(=O)N1CCN(CCc2c(-c3cc(C)cc(C)c3)[nH]c3sc(C(C)(C)C(=O)N4C5CCC4CC5)cc23)CC1. The third-order valence-electron chi connectivity index (χ3n) is 9.71. The molecular formula is C32H44N4O3S2. The van der Waals surface area contributed by atoms with Crippen LogP contribution in [-0.2, 0) is 26.7 Å². The number of fused-ring (bicyclic) bond motifs is 3. The van der Waals surface area contributed by atoms with E-state index in [1.54, 1.807) is 22.6 Å². The molecule has 3 aliphatic heterocycles. The summed E-state index contributed by atoms with van der Waals surface area (Å²) in [5.74, 6) is 0.439. The van der Waals surface area contributed by atoms with Gasteiger partial charge in [0.05, 0.1) is 16.9 Å². The van der Waals surface area contributed by atoms with Crippen LogP contribution in [0.15, 0.2) is 24.3 Å². The second-order valence-corrected chi connectivity index (χ2v) is 16.2. The van der Waals surface area contributed by atoms with E-state index in [1.807, 2.05) is 0 Å². The van der Waals surface area contributed by atoms with Crippen molar-refractivity contribution in [2.45, 2.75) is 84.2 Å². The molecule has 0 unspecified atom stereocenters. The molecule has 0 aliphatic carbocycles. The molecule has 3 fully saturated rings. The molecule has 0 saturated carbocycles. The highest BCUT2D eigenvalue weighted by Gasteiger charge is 2.47. The van der Waals surface area contributed by atoms with E-state index in [0.717, 1.165) is 61.4 Å². The van der Waals surface area contributed by atoms with Crippen LogP contribution in [0.2, 0.25) is 0 Å². The van der Waals surface area contributed by atoms with E-state index in [4.69, 9.17) is 0 Å². The molecule has 1 amide bonds. The Bertz CT molecular complexity index is 1520. The number of benzene rings is 1. The van der Waals surface area contributed by atoms with E-state index in [1.165, 1.54) is 33.3 Å². The van der Waals surface area contributed by atoms with Crippen molar-refractivity contribution < 1.29 is 13.2 Å². The third-order valence-corrected chi connectivity index (χ3v) is 13.0. The fourth-order valence-corrected chi connectivity index (χ4v) is 9.59. The number of piperazine rings is 1. The first-order valence-corrected chi connectivity index (χ1v) is 17.7. The maximum absolute atomic E-state index is 13.9. The van der Waals surface area contributed by atoms with Crippen LogP contribution in [0.3, 0.4) is 0 Å². The molecule has 3 aromatic rings. The fourth-order valence-electron chi connectivity index (χ4n) is 7.32. The second kappa shape index (κ2) is 10.8. The normalized spacial score (nSPS) is 22.3. The first-order valence-electron chi connectivity index (χ1n) is 15.2. The minimum atomic E-state index is -3.14. The number of hydrogen-bond acceptors (Lipinski definition) is 5. The first-order chi connectivity index (χ1) is 19.5. The number of rotatable bonds is 8. The van der Waals surface area contributed by atoms with Gasteiger partial charge in [-0.2, -0.15) is 4.31 Å². The number of thiophene rings is 1. The zero-order valence-corrected chi connectivity index (χ0v) is 26.8. The largest absolute Gasteiger partial charge is 0.346 e. The monoisotopic (exact) mass is 596 g/mol. The van der Waals surface area contributed by atoms with Gasteiger partial charge in [-0.15, -0.1) is 11.3 Å². The number of nitrogens with zero attached hydrogens (tertiary/aromatic N) is 3. The summed E-state index contributed by atoms with van der Waals surface area (Å²) in [7, 11) is -3.14. The average molecular weight is 597 g/mol. The van der Waals surface area contributed by atoms with Crippen molar-refractivity contribution in [1.29, 1.82) is 0 Å². The van der Waals surface area contributed by atoms with Gasteiger partial charge in [-0.3, -0.25) is 4.79 Å². The number of aromatic nitrogens is 1. The topological polar surface area (TPSA) is 76.7 Å². The van der Waals surface area contributed by atoms with Gasteiger partial charge in [-0.25, -0.2) is 8.42 Å². The van der Waals surface area contributed by atoms with Gasteiger partial charge in [0, 0.05) is 55.1 Å². The molecule has 5 heterocycles. The van der Waals surface area contributed by atoms with Gasteiger partial charge in [-0.1, -0.05) is 17.2 Å². The summed E-state index contributed by atoms with van der Waals surface area (Å²) in [4.78, 5) is 24.5. The van der Waals surface area contributed by atoms with Crippen molar-refractivity contribution in [2.75, 3.05) is 38.5 Å². The summed E-state index contributed by atoms with van der Waals surface area (Å²) >= 11 is 1.73. The summed E-state index contributed by atoms with van der Waals surface area (Å²) in [6, 6.07) is 9.83. The molecule has 0 spiro atoms. The van der Waals surface area contributed by atoms with Gasteiger partial charge >= 0.3 is 0 Å². The number of amides is 1. The molecule has 9 heteroatoms. The van der Waals surface area contributed by atoms with Crippen LogP contribution in [0.4, 0.5) is 0 Å². The van der Waals surface area contributed by atoms with Crippen LogP contribution in [0.5, 0.6) is 0 Å². The Kier molecular flexibility index (Phi) is 7.62. The first kappa shape index (κ1) is 28.9. The molecule has 7 nitrogen and oxygen atoms in total. The van der Waals surface area contributed by atoms with Crippen LogP contribution in [0.25, 0.3) is 21.5 Å². The highest BCUT2D eigenvalue weighted by molar-refractivity contribution is 7.89. The van der Waals surface area contributed by atoms with Crippen LogP contribution < -0.4 is 0 Å². The number of H-pyrrole nitrogens is 1. The number of carbonyl (C=O) groups is 1. The summed E-state index contributed by atoms with van der Waals surface area (Å²) in [5, 5.41) is 1.22. The number of nitrogens with one attached hydrogen (secondary N) is 1. The van der Waals surface area contributed by atoms with Crippen molar-refractivity contribution >= 4 is 37.5 Å². The predicted octanol–water partition coefficient (Wildman–Crippen LogP) is 5.45. The molecule has 0 radical (unpaired) electrons. The Morgan fingerprint density at radius 2 is 1.59 bits per heavy atom. The fraction of sp³-hybridized carbons (Fsp3) is 0.594. The van der Waals surface area contributed by atoms with Crippen LogP contribution in [-0.4, -0.2) is 84.0 Å². The predicted molar refractivity (Wildman–Crippen MR) is 168 cm³/mol. The molecule has 3 aliphatic rings. The molecule has 2 bridgehead atoms. The molecule has 41 heavy (non-hydrogen) atoms. The van der Waals surface area contributed by atoms with Crippen LogP contribution in [0.1, 0.15) is 68.0 Å². The quantitative estimate of drug-likeness (QED) is 0.375. The van der Waals surface area contributed by atoms with Gasteiger partial charge < -0.3 is 14.8 Å². The molecule has 1 aromatic carbocycles. The number of carbonyl (C=O) groups excluding carboxylic acids is 1. The van der Waals surface area contributed by atoms with Gasteiger partial charge in [0.25, 0.3) is 0 Å². The molecule has 6 rings (SSSR count). The molecule has 222 valence electrons. The second-order valence-electron chi connectivity index (χ2n) is 12.9. The molecule has 0 atom stereocenters. The summed E-state index contributed by atoms with van der Waals surface area (Å²) in [6.07, 6.45) is 5.47. The molecule has 3 saturated heterocycles. The highest BCUT2D eigenvalue weighted by Crippen LogP contribution is 2.44. The van der Waals surface area contributed by atoms with Crippen molar-refractivity contribution in [3.8, 4) is 11.3 Å². The van der Waals surface area contributed by atoms with Gasteiger partial charge in [-0.05, 0) is 96.0 Å². The van der Waals surface area contributed by atoms with Crippen molar-refractivity contribution in [3.05, 3.63) is 45.8 Å². The minimum Gasteiger partial charge on any atom is -0.346 e. The number of aromatic amines is 1. The van der Waals surface area contributed by atoms with Crippen LogP contribution in [0, 0.1) is 13.8 Å². The Morgan fingerprint density at radius 1 is 0.976 bits per heavy atom. The highest BCUT2D eigenvalue weighted by atomic mass is 32.2. The van der Waals surface area contributed by atoms with E-state index in [9.17, 15) is 13.2 Å². The van der Waals surface area contributed by atoms with E-state index in [0.29, 0.717) is 25.2 Å². The van der Waals surface area contributed by atoms with E-state index < -0.39 is 15.4 Å². The summed E-state index contributed by atoms with van der Waals surface area (Å²) < 4.78 is 26.3. The van der Waals surface area contributed by atoms with Crippen molar-refractivity contribution in [2.24, 2.45) is 0 Å². The third kappa shape index (κ3) is 5.28. The number of hydrogen-bond donors (Lipinski definition) is 1. The van der Waals surface area contributed by atoms with Crippen LogP contribution >= 0.6 is 11.3 Å². The minimum absolute atomic E-state index is 0.159. The zero-order valence-electron chi connectivity index (χ0n) is 25.1. The Labute approximate surface area is 249 Å². The van der Waals surface area contributed by atoms with Gasteiger partial charge in [0.15, 0.2) is 0 Å². The van der Waals surface area contributed by atoms with E-state index >= 15 is 0 Å². The number of sulfonamides is 1. The Morgan fingerprint density at radius 3 is 2.17 bits per heavy atom. The smallest absolute Gasteiger partial charge is 0.233 e. The maximum Gasteiger partial charge on any atom is 0.233 e. The van der Waals surface area contributed by atoms with E-state index in [-0.39, 0.29) is 11.7 Å². The van der Waals surface area contributed by atoms with Crippen molar-refractivity contribution in [1.82, 2.24) is 19.1 Å². The maximum atomic E-state index is 13.9. The Balaban J connectivity index is 1.29. The molecule has 2 aromatic heterocycles. The lowest BCUT2D eigenvalue weighted by Gasteiger charge is -2.33. The molecule has 1 N–H and O–H groups in total.